The zero-order valence-electron chi connectivity index (χ0n) is 36.8. The minimum Gasteiger partial charge on any atom is -0.292 e. The SMILES string of the molecule is CCCC1CC2CC3CC4CCC5CC43C3C2C2C1[C@@H](CC(C)C1CC(C)CC4C(CCC6CC(CC)C(C)C64)C4CC(C1C)C4C)C21[C@@H](N53)C1(C)CC. The van der Waals surface area contributed by atoms with Crippen molar-refractivity contribution < 1.29 is 0 Å². The maximum Gasteiger partial charge on any atom is 0.0229 e. The molecule has 27 atom stereocenters. The van der Waals surface area contributed by atoms with Gasteiger partial charge in [0.05, 0.1) is 0 Å². The second-order valence-electron chi connectivity index (χ2n) is 25.5. The molecule has 25 unspecified atom stereocenters. The van der Waals surface area contributed by atoms with Crippen LogP contribution in [0.1, 0.15) is 171 Å². The van der Waals surface area contributed by atoms with Crippen LogP contribution in [0.15, 0.2) is 0 Å². The minimum atomic E-state index is 0.587. The molecule has 13 rings (SSSR count). The van der Waals surface area contributed by atoms with Crippen LogP contribution in [0.2, 0.25) is 0 Å². The Kier molecular flexibility index (Phi) is 7.85. The maximum absolute atomic E-state index is 3.47. The van der Waals surface area contributed by atoms with Gasteiger partial charge in [0.25, 0.3) is 0 Å². The molecular weight excluding hydrogens is 651 g/mol. The standard InChI is InChI=1S/C53H85N/c1-10-13-33-22-35-23-37-24-36-15-16-38-26-52(36,37)49-47(35)48-46(33)44(53(48)50(54(38)49)51(53,9)12-3)20-28(5)40-18-27(4)19-43-39(42-25-41(30(40)7)31(42)8)17-14-34-21-32(11-2)29(6)45(34)43/h27-50H,10-26H2,1-9H3/t27?,28?,29?,30?,31?,32?,33?,34?,35?,36?,37?,38?,39?,40?,41?,42?,43?,44-,45?,46?,47?,48?,49?,50+,51?,52?,53?/m1/s1. The zero-order chi connectivity index (χ0) is 37.0. The number of fused-ring (bicyclic) bond motifs is 8. The van der Waals surface area contributed by atoms with E-state index in [0.717, 1.165) is 148 Å². The molecule has 2 heterocycles. The first kappa shape index (κ1) is 35.9. The van der Waals surface area contributed by atoms with Gasteiger partial charge in [-0.3, -0.25) is 4.90 Å². The second-order valence-corrected chi connectivity index (χ2v) is 25.5. The fourth-order valence-electron chi connectivity index (χ4n) is 23.3. The van der Waals surface area contributed by atoms with E-state index < -0.39 is 0 Å². The van der Waals surface area contributed by atoms with E-state index in [1.54, 1.807) is 89.9 Å². The molecule has 2 spiro atoms. The summed E-state index contributed by atoms with van der Waals surface area (Å²) in [6.45, 7) is 24.6. The third kappa shape index (κ3) is 3.99. The van der Waals surface area contributed by atoms with Gasteiger partial charge in [-0.1, -0.05) is 81.6 Å². The van der Waals surface area contributed by atoms with Gasteiger partial charge in [-0.2, -0.15) is 0 Å². The molecule has 13 fully saturated rings. The summed E-state index contributed by atoms with van der Waals surface area (Å²) < 4.78 is 0. The molecule has 0 aromatic carbocycles. The van der Waals surface area contributed by atoms with Crippen LogP contribution >= 0.6 is 0 Å². The molecule has 0 aromatic heterocycles. The van der Waals surface area contributed by atoms with Crippen molar-refractivity contribution in [3.63, 3.8) is 0 Å². The van der Waals surface area contributed by atoms with Gasteiger partial charge in [0, 0.05) is 18.1 Å². The predicted molar refractivity (Wildman–Crippen MR) is 223 cm³/mol. The van der Waals surface area contributed by atoms with Crippen molar-refractivity contribution in [2.45, 2.75) is 190 Å². The average Bonchev–Trinajstić information content (AvgIpc) is 3.39. The lowest BCUT2D eigenvalue weighted by atomic mass is 9.31. The number of hydrogen-bond acceptors (Lipinski definition) is 1. The van der Waals surface area contributed by atoms with E-state index in [1.807, 2.05) is 0 Å². The zero-order valence-corrected chi connectivity index (χ0v) is 36.8. The lowest BCUT2D eigenvalue weighted by molar-refractivity contribution is -0.271. The van der Waals surface area contributed by atoms with Gasteiger partial charge in [-0.05, 0) is 230 Å². The highest BCUT2D eigenvalue weighted by Gasteiger charge is 2.94. The van der Waals surface area contributed by atoms with Crippen molar-refractivity contribution >= 4 is 0 Å². The highest BCUT2D eigenvalue weighted by atomic mass is 15.4. The van der Waals surface area contributed by atoms with Gasteiger partial charge in [0.2, 0.25) is 0 Å². The number of hydrogen-bond donors (Lipinski definition) is 0. The highest BCUT2D eigenvalue weighted by Crippen LogP contribution is 2.93. The van der Waals surface area contributed by atoms with Gasteiger partial charge < -0.3 is 0 Å². The molecular formula is C53H85N. The van der Waals surface area contributed by atoms with Crippen molar-refractivity contribution in [3.05, 3.63) is 0 Å². The van der Waals surface area contributed by atoms with Gasteiger partial charge in [0.1, 0.15) is 0 Å². The lowest BCUT2D eigenvalue weighted by Crippen LogP contribution is -2.74. The van der Waals surface area contributed by atoms with E-state index in [4.69, 9.17) is 0 Å². The highest BCUT2D eigenvalue weighted by molar-refractivity contribution is 5.43. The lowest BCUT2D eigenvalue weighted by Gasteiger charge is -2.75. The van der Waals surface area contributed by atoms with Crippen molar-refractivity contribution in [3.8, 4) is 0 Å². The fraction of sp³-hybridized carbons (Fsp3) is 1.00. The molecule has 54 heavy (non-hydrogen) atoms. The van der Waals surface area contributed by atoms with Crippen LogP contribution in [0.25, 0.3) is 0 Å². The molecule has 0 aromatic rings. The van der Waals surface area contributed by atoms with Gasteiger partial charge in [-0.15, -0.1) is 0 Å². The predicted octanol–water partition coefficient (Wildman–Crippen LogP) is 13.3. The first-order valence-electron chi connectivity index (χ1n) is 25.8. The van der Waals surface area contributed by atoms with Crippen LogP contribution in [0, 0.1) is 141 Å². The van der Waals surface area contributed by atoms with Crippen LogP contribution in [0.5, 0.6) is 0 Å². The molecule has 0 radical (unpaired) electrons. The molecule has 302 valence electrons. The summed E-state index contributed by atoms with van der Waals surface area (Å²) in [5, 5.41) is 0. The van der Waals surface area contributed by atoms with E-state index in [0.29, 0.717) is 10.8 Å². The minimum absolute atomic E-state index is 0.587. The summed E-state index contributed by atoms with van der Waals surface area (Å²) >= 11 is 0. The van der Waals surface area contributed by atoms with Crippen molar-refractivity contribution in [1.82, 2.24) is 4.90 Å². The van der Waals surface area contributed by atoms with E-state index in [1.165, 1.54) is 19.3 Å². The van der Waals surface area contributed by atoms with E-state index in [9.17, 15) is 0 Å². The van der Waals surface area contributed by atoms with Crippen LogP contribution < -0.4 is 0 Å². The monoisotopic (exact) mass is 736 g/mol. The Hall–Kier alpha value is -0.0400. The quantitative estimate of drug-likeness (QED) is 0.252. The largest absolute Gasteiger partial charge is 0.292 e. The molecule has 2 saturated heterocycles. The number of nitrogens with zero attached hydrogens (tertiary/aromatic N) is 1. The molecule has 11 aliphatic carbocycles. The van der Waals surface area contributed by atoms with Crippen LogP contribution in [-0.2, 0) is 0 Å². The van der Waals surface area contributed by atoms with Crippen LogP contribution in [0.4, 0.5) is 0 Å². The number of rotatable bonds is 7. The Labute approximate surface area is 333 Å². The van der Waals surface area contributed by atoms with Crippen LogP contribution in [-0.4, -0.2) is 23.0 Å². The van der Waals surface area contributed by atoms with Crippen molar-refractivity contribution in [1.29, 1.82) is 0 Å². The Bertz CT molecular complexity index is 1500. The van der Waals surface area contributed by atoms with Crippen molar-refractivity contribution in [2.75, 3.05) is 0 Å². The van der Waals surface area contributed by atoms with Gasteiger partial charge in [0.15, 0.2) is 0 Å². The summed E-state index contributed by atoms with van der Waals surface area (Å²) in [5.41, 5.74) is 2.03. The molecule has 0 N–H and O–H groups in total. The number of piperidine rings is 1. The smallest absolute Gasteiger partial charge is 0.0229 e. The molecule has 2 aliphatic heterocycles. The maximum atomic E-state index is 3.47. The van der Waals surface area contributed by atoms with Gasteiger partial charge in [-0.25, -0.2) is 0 Å². The fourth-order valence-corrected chi connectivity index (χ4v) is 23.3. The molecule has 11 saturated carbocycles. The molecule has 1 heteroatoms. The normalized spacial score (nSPS) is 65.6. The summed E-state index contributed by atoms with van der Waals surface area (Å²) in [6.07, 6.45) is 26.7. The third-order valence-corrected chi connectivity index (χ3v) is 25.0. The van der Waals surface area contributed by atoms with E-state index in [2.05, 4.69) is 67.2 Å². The Balaban J connectivity index is 0.872. The van der Waals surface area contributed by atoms with Crippen molar-refractivity contribution in [2.24, 2.45) is 141 Å². The summed E-state index contributed by atoms with van der Waals surface area (Å²) in [7, 11) is 0. The second kappa shape index (κ2) is 11.8. The van der Waals surface area contributed by atoms with E-state index >= 15 is 0 Å². The summed E-state index contributed by atoms with van der Waals surface area (Å²) in [4.78, 5) is 3.47. The topological polar surface area (TPSA) is 3.24 Å². The summed E-state index contributed by atoms with van der Waals surface area (Å²) in [5.74, 6) is 21.6. The third-order valence-electron chi connectivity index (χ3n) is 25.0. The molecule has 4 bridgehead atoms. The Morgan fingerprint density at radius 3 is 2.26 bits per heavy atom. The first-order chi connectivity index (χ1) is 26.0. The molecule has 0 amide bonds. The molecule has 1 nitrogen and oxygen atoms in total. The summed E-state index contributed by atoms with van der Waals surface area (Å²) in [6, 6.07) is 2.92. The van der Waals surface area contributed by atoms with Gasteiger partial charge >= 0.3 is 0 Å². The van der Waals surface area contributed by atoms with Crippen LogP contribution in [0.3, 0.4) is 0 Å². The average molecular weight is 736 g/mol. The first-order valence-corrected chi connectivity index (χ1v) is 25.8. The Morgan fingerprint density at radius 2 is 1.50 bits per heavy atom. The van der Waals surface area contributed by atoms with E-state index in [-0.39, 0.29) is 0 Å². The Morgan fingerprint density at radius 1 is 0.685 bits per heavy atom. The molecule has 13 aliphatic rings.